The highest BCUT2D eigenvalue weighted by molar-refractivity contribution is 5.89. The van der Waals surface area contributed by atoms with Crippen LogP contribution in [0.3, 0.4) is 0 Å². The minimum atomic E-state index is -1.06. The minimum absolute atomic E-state index is 0.0528. The number of benzene rings is 3. The van der Waals surface area contributed by atoms with Gasteiger partial charge in [-0.1, -0.05) is 108 Å². The number of ether oxygens (including phenoxy) is 2. The van der Waals surface area contributed by atoms with E-state index < -0.39 is 35.5 Å². The predicted molar refractivity (Wildman–Crippen MR) is 172 cm³/mol. The number of rotatable bonds is 7. The molecule has 234 valence electrons. The largest absolute Gasteiger partial charge is 0.496 e. The number of methoxy groups -OCH3 is 1. The molecule has 2 aliphatic heterocycles. The van der Waals surface area contributed by atoms with Crippen LogP contribution < -0.4 is 10.1 Å². The van der Waals surface area contributed by atoms with Crippen LogP contribution in [0.15, 0.2) is 72.8 Å². The number of nitrogens with one attached hydrogen (secondary N) is 1. The summed E-state index contributed by atoms with van der Waals surface area (Å²) in [5.74, 6) is -0.976. The van der Waals surface area contributed by atoms with Crippen molar-refractivity contribution in [2.45, 2.75) is 84.2 Å². The van der Waals surface area contributed by atoms with E-state index in [1.165, 1.54) is 5.56 Å². The molecule has 7 nitrogen and oxygen atoms in total. The van der Waals surface area contributed by atoms with Crippen LogP contribution in [0.4, 0.5) is 0 Å². The highest BCUT2D eigenvalue weighted by Crippen LogP contribution is 2.49. The first-order valence-corrected chi connectivity index (χ1v) is 15.5. The highest BCUT2D eigenvalue weighted by atomic mass is 16.5. The Hall–Kier alpha value is -3.68. The second kappa shape index (κ2) is 12.4. The van der Waals surface area contributed by atoms with Crippen LogP contribution >= 0.6 is 0 Å². The van der Waals surface area contributed by atoms with E-state index in [9.17, 15) is 14.7 Å². The third kappa shape index (κ3) is 6.13. The van der Waals surface area contributed by atoms with Crippen molar-refractivity contribution in [3.05, 3.63) is 101 Å². The van der Waals surface area contributed by atoms with Crippen LogP contribution in [0.5, 0.6) is 5.75 Å². The first-order valence-electron chi connectivity index (χ1n) is 15.5. The summed E-state index contributed by atoms with van der Waals surface area (Å²) in [6.45, 7) is 13.6. The lowest BCUT2D eigenvalue weighted by atomic mass is 9.72. The Morgan fingerprint density at radius 2 is 1.66 bits per heavy atom. The average molecular weight is 599 g/mol. The van der Waals surface area contributed by atoms with Gasteiger partial charge in [0, 0.05) is 24.1 Å². The topological polar surface area (TPSA) is 88.1 Å². The highest BCUT2D eigenvalue weighted by Gasteiger charge is 2.59. The average Bonchev–Trinajstić information content (AvgIpc) is 3.35. The summed E-state index contributed by atoms with van der Waals surface area (Å²) in [6.07, 6.45) is -0.148. The van der Waals surface area contributed by atoms with Crippen molar-refractivity contribution in [1.29, 1.82) is 0 Å². The third-order valence-electron chi connectivity index (χ3n) is 9.21. The van der Waals surface area contributed by atoms with E-state index in [4.69, 9.17) is 9.47 Å². The van der Waals surface area contributed by atoms with Crippen LogP contribution in [-0.2, 0) is 32.7 Å². The summed E-state index contributed by atoms with van der Waals surface area (Å²) in [7, 11) is 1.67. The van der Waals surface area contributed by atoms with Gasteiger partial charge in [0.2, 0.25) is 0 Å². The lowest BCUT2D eigenvalue weighted by Crippen LogP contribution is -2.49. The molecule has 3 aromatic carbocycles. The molecule has 44 heavy (non-hydrogen) atoms. The summed E-state index contributed by atoms with van der Waals surface area (Å²) < 4.78 is 11.9. The van der Waals surface area contributed by atoms with Crippen molar-refractivity contribution in [1.82, 2.24) is 10.2 Å². The van der Waals surface area contributed by atoms with Gasteiger partial charge in [-0.2, -0.15) is 0 Å². The Bertz CT molecular complexity index is 1490. The monoisotopic (exact) mass is 598 g/mol. The van der Waals surface area contributed by atoms with E-state index in [-0.39, 0.29) is 17.4 Å². The lowest BCUT2D eigenvalue weighted by Gasteiger charge is -2.36. The SMILES string of the molecule is COc1ccc(C(C)(C)C)cc1CN[C@H]1[C@H](C(C)(C)C)[C@@H](C(=O)O)N(C(=O)C2OCCc3ccccc32)[C@H]1c1ccccc1. The van der Waals surface area contributed by atoms with E-state index in [1.54, 1.807) is 12.0 Å². The van der Waals surface area contributed by atoms with Gasteiger partial charge in [0.15, 0.2) is 6.10 Å². The normalized spacial score (nSPS) is 23.7. The quantitative estimate of drug-likeness (QED) is 0.324. The number of carbonyl (C=O) groups excluding carboxylic acids is 1. The van der Waals surface area contributed by atoms with Gasteiger partial charge in [0.25, 0.3) is 5.91 Å². The Morgan fingerprint density at radius 1 is 0.977 bits per heavy atom. The zero-order valence-electron chi connectivity index (χ0n) is 27.0. The van der Waals surface area contributed by atoms with E-state index in [1.807, 2.05) is 60.7 Å². The van der Waals surface area contributed by atoms with Crippen LogP contribution in [-0.4, -0.2) is 47.7 Å². The lowest BCUT2D eigenvalue weighted by molar-refractivity contribution is -0.159. The fourth-order valence-electron chi connectivity index (χ4n) is 7.07. The van der Waals surface area contributed by atoms with E-state index in [2.05, 4.69) is 59.0 Å². The Balaban J connectivity index is 1.62. The van der Waals surface area contributed by atoms with E-state index in [0.29, 0.717) is 19.6 Å². The summed E-state index contributed by atoms with van der Waals surface area (Å²) in [5.41, 5.74) is 4.42. The van der Waals surface area contributed by atoms with Gasteiger partial charge in [-0.25, -0.2) is 4.79 Å². The van der Waals surface area contributed by atoms with Crippen molar-refractivity contribution in [2.75, 3.05) is 13.7 Å². The second-order valence-corrected chi connectivity index (χ2v) is 14.2. The Labute approximate surface area is 261 Å². The van der Waals surface area contributed by atoms with E-state index >= 15 is 0 Å². The minimum Gasteiger partial charge on any atom is -0.496 e. The van der Waals surface area contributed by atoms with Crippen LogP contribution in [0.1, 0.15) is 81.5 Å². The molecule has 1 fully saturated rings. The number of hydrogen-bond acceptors (Lipinski definition) is 5. The number of likely N-dealkylation sites (tertiary alicyclic amines) is 1. The molecule has 5 atom stereocenters. The molecule has 7 heteroatoms. The molecule has 1 unspecified atom stereocenters. The predicted octanol–water partition coefficient (Wildman–Crippen LogP) is 6.46. The summed E-state index contributed by atoms with van der Waals surface area (Å²) in [4.78, 5) is 29.6. The molecule has 0 radical (unpaired) electrons. The molecule has 0 aromatic heterocycles. The number of carbonyl (C=O) groups is 2. The summed E-state index contributed by atoms with van der Waals surface area (Å²) in [5, 5.41) is 14.6. The molecule has 1 amide bonds. The van der Waals surface area contributed by atoms with Crippen LogP contribution in [0, 0.1) is 11.3 Å². The van der Waals surface area contributed by atoms with Crippen molar-refractivity contribution in [3.63, 3.8) is 0 Å². The van der Waals surface area contributed by atoms with E-state index in [0.717, 1.165) is 28.0 Å². The van der Waals surface area contributed by atoms with Gasteiger partial charge in [-0.3, -0.25) is 4.79 Å². The molecular weight excluding hydrogens is 552 g/mol. The van der Waals surface area contributed by atoms with Crippen molar-refractivity contribution < 1.29 is 24.2 Å². The fourth-order valence-corrected chi connectivity index (χ4v) is 7.07. The number of fused-ring (bicyclic) bond motifs is 1. The molecule has 3 aromatic rings. The Morgan fingerprint density at radius 3 is 2.30 bits per heavy atom. The van der Waals surface area contributed by atoms with Crippen molar-refractivity contribution in [2.24, 2.45) is 11.3 Å². The number of hydrogen-bond donors (Lipinski definition) is 2. The van der Waals surface area contributed by atoms with Gasteiger partial charge >= 0.3 is 5.97 Å². The first kappa shape index (κ1) is 31.7. The van der Waals surface area contributed by atoms with Crippen molar-refractivity contribution in [3.8, 4) is 5.75 Å². The summed E-state index contributed by atoms with van der Waals surface area (Å²) in [6, 6.07) is 21.9. The maximum atomic E-state index is 14.7. The number of amides is 1. The standard InChI is InChI=1S/C37H46N2O5/c1-36(2,3)26-17-18-28(43-7)25(21-26)22-38-30-29(37(4,5)6)32(35(41)42)39(31(30)24-14-9-8-10-15-24)34(40)33-27-16-12-11-13-23(27)19-20-44-33/h8-18,21,29-33,38H,19-20,22H2,1-7H3,(H,41,42)/t29-,30-,31-,32-,33?/m0/s1. The molecule has 1 saturated heterocycles. The van der Waals surface area contributed by atoms with Crippen LogP contribution in [0.25, 0.3) is 0 Å². The van der Waals surface area contributed by atoms with Gasteiger partial charge in [0.1, 0.15) is 11.8 Å². The second-order valence-electron chi connectivity index (χ2n) is 14.2. The molecule has 2 heterocycles. The molecule has 0 spiro atoms. The zero-order valence-corrected chi connectivity index (χ0v) is 27.0. The summed E-state index contributed by atoms with van der Waals surface area (Å²) >= 11 is 0. The van der Waals surface area contributed by atoms with Crippen molar-refractivity contribution >= 4 is 11.9 Å². The third-order valence-corrected chi connectivity index (χ3v) is 9.21. The van der Waals surface area contributed by atoms with Crippen LogP contribution in [0.2, 0.25) is 0 Å². The molecule has 0 bridgehead atoms. The maximum Gasteiger partial charge on any atom is 0.326 e. The number of nitrogens with zero attached hydrogens (tertiary/aromatic N) is 1. The van der Waals surface area contributed by atoms with Gasteiger partial charge < -0.3 is 24.8 Å². The molecule has 5 rings (SSSR count). The molecular formula is C37H46N2O5. The maximum absolute atomic E-state index is 14.7. The fraction of sp³-hybridized carbons (Fsp3) is 0.459. The number of carboxylic acid groups (broad SMARTS) is 1. The van der Waals surface area contributed by atoms with Gasteiger partial charge in [-0.05, 0) is 45.6 Å². The Kier molecular flexibility index (Phi) is 8.92. The first-order chi connectivity index (χ1) is 20.8. The number of carboxylic acids is 1. The molecule has 0 saturated carbocycles. The zero-order chi connectivity index (χ0) is 31.8. The van der Waals surface area contributed by atoms with Gasteiger partial charge in [0.05, 0.1) is 19.8 Å². The number of aliphatic carboxylic acids is 1. The van der Waals surface area contributed by atoms with Gasteiger partial charge in [-0.15, -0.1) is 0 Å². The molecule has 2 aliphatic rings. The smallest absolute Gasteiger partial charge is 0.326 e. The molecule has 2 N–H and O–H groups in total. The molecule has 0 aliphatic carbocycles.